The topological polar surface area (TPSA) is 128 Å². The number of benzene rings is 2. The highest BCUT2D eigenvalue weighted by molar-refractivity contribution is 7.92. The molecule has 2 fully saturated rings. The standard InChI is InChI=1S/C35H51FN4O6S/c1-24(2)37-26-21-28(32(36)30(22-26)40-18-12-13-19-47(40,44)45)33(42)38-29(20-25-14-8-6-9-15-25)31(41)23-39(27-16-10-7-11-17-27)34(43)46-35(3,4)5/h6,8-9,14-15,21-22,24,27,29,31,37,41H,7,10-13,16-20,23H2,1-5H3,(H,38,42)/t29-,31?/m0/s1. The third-order valence-electron chi connectivity index (χ3n) is 8.48. The number of nitrogens with one attached hydrogen (secondary N) is 2. The summed E-state index contributed by atoms with van der Waals surface area (Å²) in [6.45, 7) is 9.16. The smallest absolute Gasteiger partial charge is 0.410 e. The first-order valence-electron chi connectivity index (χ1n) is 16.8. The zero-order valence-corrected chi connectivity index (χ0v) is 29.1. The van der Waals surface area contributed by atoms with Crippen LogP contribution in [-0.2, 0) is 21.2 Å². The van der Waals surface area contributed by atoms with Gasteiger partial charge in [-0.2, -0.15) is 0 Å². The van der Waals surface area contributed by atoms with Crippen molar-refractivity contribution >= 4 is 33.4 Å². The molecule has 260 valence electrons. The van der Waals surface area contributed by atoms with E-state index in [0.29, 0.717) is 18.5 Å². The maximum atomic E-state index is 16.2. The molecule has 12 heteroatoms. The quantitative estimate of drug-likeness (QED) is 0.273. The van der Waals surface area contributed by atoms with Crippen LogP contribution < -0.4 is 14.9 Å². The SMILES string of the molecule is CC(C)Nc1cc(C(=O)N[C@@H](Cc2ccccc2)C(O)CN(C(=O)OC(C)(C)C)C2CCCCC2)c(F)c(N2CCCCS2(=O)=O)c1. The summed E-state index contributed by atoms with van der Waals surface area (Å²) in [6.07, 6.45) is 4.06. The van der Waals surface area contributed by atoms with Crippen molar-refractivity contribution in [2.45, 2.75) is 116 Å². The highest BCUT2D eigenvalue weighted by Gasteiger charge is 2.35. The van der Waals surface area contributed by atoms with E-state index < -0.39 is 45.6 Å². The summed E-state index contributed by atoms with van der Waals surface area (Å²) in [5.41, 5.74) is -0.0364. The number of hydrogen-bond acceptors (Lipinski definition) is 7. The third-order valence-corrected chi connectivity index (χ3v) is 10.3. The normalized spacial score (nSPS) is 18.3. The van der Waals surface area contributed by atoms with E-state index in [-0.39, 0.29) is 48.6 Å². The van der Waals surface area contributed by atoms with Gasteiger partial charge >= 0.3 is 6.09 Å². The number of nitrogens with zero attached hydrogens (tertiary/aromatic N) is 2. The predicted octanol–water partition coefficient (Wildman–Crippen LogP) is 5.85. The average Bonchev–Trinajstić information content (AvgIpc) is 3.00. The van der Waals surface area contributed by atoms with Crippen molar-refractivity contribution in [3.8, 4) is 0 Å². The Kier molecular flexibility index (Phi) is 12.2. The Morgan fingerprint density at radius 1 is 1.06 bits per heavy atom. The number of halogens is 1. The Hall–Kier alpha value is -3.38. The number of hydrogen-bond donors (Lipinski definition) is 3. The van der Waals surface area contributed by atoms with Crippen LogP contribution >= 0.6 is 0 Å². The molecular formula is C35H51FN4O6S. The molecule has 1 unspecified atom stereocenters. The molecular weight excluding hydrogens is 623 g/mol. The first-order valence-corrected chi connectivity index (χ1v) is 18.4. The Labute approximate surface area is 279 Å². The lowest BCUT2D eigenvalue weighted by atomic mass is 9.93. The minimum atomic E-state index is -3.77. The van der Waals surface area contributed by atoms with Gasteiger partial charge in [-0.15, -0.1) is 0 Å². The zero-order chi connectivity index (χ0) is 34.4. The molecule has 1 saturated carbocycles. The van der Waals surface area contributed by atoms with Crippen LogP contribution in [0.5, 0.6) is 0 Å². The number of anilines is 2. The van der Waals surface area contributed by atoms with E-state index in [9.17, 15) is 23.1 Å². The molecule has 0 aromatic heterocycles. The van der Waals surface area contributed by atoms with Crippen molar-refractivity contribution in [3.63, 3.8) is 0 Å². The van der Waals surface area contributed by atoms with Crippen LogP contribution in [-0.4, -0.2) is 79.1 Å². The number of aliphatic hydroxyl groups is 1. The summed E-state index contributed by atoms with van der Waals surface area (Å²) >= 11 is 0. The van der Waals surface area contributed by atoms with Crippen molar-refractivity contribution in [1.29, 1.82) is 0 Å². The minimum Gasteiger partial charge on any atom is -0.444 e. The summed E-state index contributed by atoms with van der Waals surface area (Å²) in [5.74, 6) is -1.85. The summed E-state index contributed by atoms with van der Waals surface area (Å²) in [6, 6.07) is 11.0. The summed E-state index contributed by atoms with van der Waals surface area (Å²) in [7, 11) is -3.77. The number of aliphatic hydroxyl groups excluding tert-OH is 1. The van der Waals surface area contributed by atoms with E-state index in [1.165, 1.54) is 12.1 Å². The second-order valence-electron chi connectivity index (χ2n) is 14.0. The molecule has 2 aromatic carbocycles. The van der Waals surface area contributed by atoms with Gasteiger partial charge in [-0.3, -0.25) is 9.10 Å². The van der Waals surface area contributed by atoms with Crippen LogP contribution in [0.2, 0.25) is 0 Å². The molecule has 1 saturated heterocycles. The van der Waals surface area contributed by atoms with E-state index in [2.05, 4.69) is 10.6 Å². The predicted molar refractivity (Wildman–Crippen MR) is 183 cm³/mol. The number of rotatable bonds is 11. The molecule has 10 nitrogen and oxygen atoms in total. The van der Waals surface area contributed by atoms with Crippen molar-refractivity contribution in [2.24, 2.45) is 0 Å². The second-order valence-corrected chi connectivity index (χ2v) is 16.0. The fourth-order valence-electron chi connectivity index (χ4n) is 6.24. The maximum Gasteiger partial charge on any atom is 0.410 e. The van der Waals surface area contributed by atoms with Gasteiger partial charge in [-0.05, 0) is 84.4 Å². The van der Waals surface area contributed by atoms with E-state index in [4.69, 9.17) is 4.74 Å². The Bertz CT molecular complexity index is 1470. The number of ether oxygens (including phenoxy) is 1. The molecule has 0 radical (unpaired) electrons. The molecule has 47 heavy (non-hydrogen) atoms. The van der Waals surface area contributed by atoms with Crippen LogP contribution in [0.25, 0.3) is 0 Å². The Balaban J connectivity index is 1.68. The number of amides is 2. The largest absolute Gasteiger partial charge is 0.444 e. The molecule has 0 spiro atoms. The van der Waals surface area contributed by atoms with Gasteiger partial charge in [0.15, 0.2) is 5.82 Å². The number of sulfonamides is 1. The fraction of sp³-hybridized carbons (Fsp3) is 0.600. The summed E-state index contributed by atoms with van der Waals surface area (Å²) < 4.78 is 48.9. The van der Waals surface area contributed by atoms with Crippen molar-refractivity contribution in [2.75, 3.05) is 28.5 Å². The molecule has 4 rings (SSSR count). The molecule has 2 aromatic rings. The van der Waals surface area contributed by atoms with Crippen LogP contribution in [0.15, 0.2) is 42.5 Å². The molecule has 1 aliphatic heterocycles. The molecule has 1 aliphatic carbocycles. The molecule has 2 aliphatic rings. The first-order chi connectivity index (χ1) is 22.1. The van der Waals surface area contributed by atoms with E-state index >= 15 is 4.39 Å². The van der Waals surface area contributed by atoms with Gasteiger partial charge in [0.25, 0.3) is 5.91 Å². The molecule has 0 bridgehead atoms. The van der Waals surface area contributed by atoms with Gasteiger partial charge in [0.2, 0.25) is 10.0 Å². The van der Waals surface area contributed by atoms with Gasteiger partial charge in [0, 0.05) is 24.3 Å². The number of carbonyl (C=O) groups is 2. The lowest BCUT2D eigenvalue weighted by Crippen LogP contribution is -2.54. The maximum absolute atomic E-state index is 16.2. The molecule has 2 atom stereocenters. The molecule has 3 N–H and O–H groups in total. The van der Waals surface area contributed by atoms with Gasteiger partial charge in [0.05, 0.1) is 35.7 Å². The monoisotopic (exact) mass is 674 g/mol. The van der Waals surface area contributed by atoms with Crippen molar-refractivity contribution in [1.82, 2.24) is 10.2 Å². The lowest BCUT2D eigenvalue weighted by Gasteiger charge is -2.38. The third kappa shape index (κ3) is 10.1. The Morgan fingerprint density at radius 2 is 1.74 bits per heavy atom. The van der Waals surface area contributed by atoms with Crippen molar-refractivity contribution in [3.05, 3.63) is 59.4 Å². The second kappa shape index (κ2) is 15.7. The first kappa shape index (κ1) is 36.5. The minimum absolute atomic E-state index is 0.0755. The fourth-order valence-corrected chi connectivity index (χ4v) is 7.87. The zero-order valence-electron chi connectivity index (χ0n) is 28.3. The van der Waals surface area contributed by atoms with Gasteiger partial charge in [0.1, 0.15) is 5.60 Å². The lowest BCUT2D eigenvalue weighted by molar-refractivity contribution is -0.00489. The number of carbonyl (C=O) groups excluding carboxylic acids is 2. The molecule has 2 amide bonds. The summed E-state index contributed by atoms with van der Waals surface area (Å²) in [4.78, 5) is 29.0. The van der Waals surface area contributed by atoms with Gasteiger partial charge in [-0.25, -0.2) is 17.6 Å². The van der Waals surface area contributed by atoms with E-state index in [1.807, 2.05) is 44.2 Å². The highest BCUT2D eigenvalue weighted by Crippen LogP contribution is 2.32. The highest BCUT2D eigenvalue weighted by atomic mass is 32.2. The van der Waals surface area contributed by atoms with Crippen molar-refractivity contribution < 1.29 is 32.2 Å². The van der Waals surface area contributed by atoms with Gasteiger partial charge in [-0.1, -0.05) is 49.6 Å². The van der Waals surface area contributed by atoms with Gasteiger partial charge < -0.3 is 25.4 Å². The molecule has 1 heterocycles. The Morgan fingerprint density at radius 3 is 2.36 bits per heavy atom. The van der Waals surface area contributed by atoms with Crippen LogP contribution in [0.1, 0.15) is 95.5 Å². The average molecular weight is 675 g/mol. The van der Waals surface area contributed by atoms with E-state index in [0.717, 1.165) is 42.0 Å². The summed E-state index contributed by atoms with van der Waals surface area (Å²) in [5, 5.41) is 17.7. The van der Waals surface area contributed by atoms with Crippen LogP contribution in [0, 0.1) is 5.82 Å². The van der Waals surface area contributed by atoms with Crippen LogP contribution in [0.4, 0.5) is 20.6 Å². The van der Waals surface area contributed by atoms with E-state index in [1.54, 1.807) is 25.7 Å². The van der Waals surface area contributed by atoms with Crippen LogP contribution in [0.3, 0.4) is 0 Å².